The highest BCUT2D eigenvalue weighted by Crippen LogP contribution is 2.03. The number of nitrogens with one attached hydrogen (secondary N) is 1. The molecule has 1 amide bonds. The van der Waals surface area contributed by atoms with Crippen LogP contribution in [0.15, 0.2) is 18.3 Å². The van der Waals surface area contributed by atoms with Crippen LogP contribution in [0.25, 0.3) is 0 Å². The minimum Gasteiger partial charge on any atom is -0.382 e. The molecule has 0 spiro atoms. The third-order valence-corrected chi connectivity index (χ3v) is 2.98. The van der Waals surface area contributed by atoms with E-state index in [9.17, 15) is 4.79 Å². The zero-order chi connectivity index (χ0) is 18.9. The summed E-state index contributed by atoms with van der Waals surface area (Å²) >= 11 is 0. The summed E-state index contributed by atoms with van der Waals surface area (Å²) in [6, 6.07) is 3.34. The first kappa shape index (κ1) is 22.0. The molecule has 0 saturated carbocycles. The largest absolute Gasteiger partial charge is 0.382 e. The molecule has 1 heterocycles. The zero-order valence-electron chi connectivity index (χ0n) is 15.1. The first-order chi connectivity index (χ1) is 12.8. The summed E-state index contributed by atoms with van der Waals surface area (Å²) < 4.78 is 26.0. The maximum absolute atomic E-state index is 11.7. The molecule has 1 rings (SSSR count). The summed E-state index contributed by atoms with van der Waals surface area (Å²) in [4.78, 5) is 15.7. The highest BCUT2D eigenvalue weighted by molar-refractivity contribution is 5.90. The van der Waals surface area contributed by atoms with Gasteiger partial charge in [0.2, 0.25) is 0 Å². The summed E-state index contributed by atoms with van der Waals surface area (Å²) in [6.45, 7) is 3.75. The molecule has 0 fully saturated rings. The van der Waals surface area contributed by atoms with Crippen LogP contribution in [0.3, 0.4) is 0 Å². The number of amides is 1. The van der Waals surface area contributed by atoms with Crippen LogP contribution in [-0.2, 0) is 28.5 Å². The van der Waals surface area contributed by atoms with Gasteiger partial charge in [-0.2, -0.15) is 0 Å². The molecule has 1 aromatic rings. The van der Waals surface area contributed by atoms with Gasteiger partial charge in [0.1, 0.15) is 12.4 Å². The van der Waals surface area contributed by atoms with E-state index in [0.29, 0.717) is 64.2 Å². The van der Waals surface area contributed by atoms with Crippen molar-refractivity contribution in [2.75, 3.05) is 71.9 Å². The van der Waals surface area contributed by atoms with Crippen LogP contribution in [0.1, 0.15) is 5.56 Å². The number of hydrogen-bond acceptors (Lipinski definition) is 7. The molecule has 1 N–H and O–H groups in total. The highest BCUT2D eigenvalue weighted by Gasteiger charge is 2.03. The second-order valence-electron chi connectivity index (χ2n) is 5.01. The van der Waals surface area contributed by atoms with Crippen molar-refractivity contribution in [2.24, 2.45) is 0 Å². The van der Waals surface area contributed by atoms with Crippen LogP contribution in [-0.4, -0.2) is 77.5 Å². The van der Waals surface area contributed by atoms with E-state index < -0.39 is 0 Å². The fraction of sp³-hybridized carbons (Fsp3) is 0.556. The fourth-order valence-electron chi connectivity index (χ4n) is 1.70. The van der Waals surface area contributed by atoms with E-state index >= 15 is 0 Å². The van der Waals surface area contributed by atoms with Gasteiger partial charge in [0.15, 0.2) is 0 Å². The smallest absolute Gasteiger partial charge is 0.251 e. The Morgan fingerprint density at radius 1 is 1.00 bits per heavy atom. The number of carbonyl (C=O) groups is 1. The molecule has 0 unspecified atom stereocenters. The number of anilines is 1. The van der Waals surface area contributed by atoms with Crippen LogP contribution < -0.4 is 5.32 Å². The van der Waals surface area contributed by atoms with E-state index in [0.717, 1.165) is 0 Å². The number of pyridine rings is 1. The van der Waals surface area contributed by atoms with E-state index in [1.807, 2.05) is 0 Å². The van der Waals surface area contributed by atoms with E-state index in [-0.39, 0.29) is 12.5 Å². The molecule has 0 atom stereocenters. The summed E-state index contributed by atoms with van der Waals surface area (Å²) in [7, 11) is 1.63. The van der Waals surface area contributed by atoms with Gasteiger partial charge in [-0.05, 0) is 12.1 Å². The molecule has 0 aliphatic carbocycles. The third kappa shape index (κ3) is 11.5. The Labute approximate surface area is 154 Å². The lowest BCUT2D eigenvalue weighted by Gasteiger charge is -2.08. The lowest BCUT2D eigenvalue weighted by molar-refractivity contribution is -0.121. The number of rotatable bonds is 15. The van der Waals surface area contributed by atoms with E-state index in [2.05, 4.69) is 16.2 Å². The van der Waals surface area contributed by atoms with Crippen LogP contribution in [0.2, 0.25) is 0 Å². The SMILES string of the molecule is C#Cc1ccc(NC(=O)COCCOCCOCCOCCOC)nc1. The van der Waals surface area contributed by atoms with Crippen molar-refractivity contribution in [3.8, 4) is 12.3 Å². The molecule has 1 aromatic heterocycles. The predicted octanol–water partition coefficient (Wildman–Crippen LogP) is 0.714. The molecule has 0 saturated heterocycles. The molecule has 0 aromatic carbocycles. The second kappa shape index (κ2) is 15.3. The Balaban J connectivity index is 1.89. The lowest BCUT2D eigenvalue weighted by atomic mass is 10.3. The Bertz CT molecular complexity index is 529. The van der Waals surface area contributed by atoms with Crippen molar-refractivity contribution in [1.82, 2.24) is 4.98 Å². The van der Waals surface area contributed by atoms with Crippen molar-refractivity contribution < 1.29 is 28.5 Å². The lowest BCUT2D eigenvalue weighted by Crippen LogP contribution is -2.20. The third-order valence-electron chi connectivity index (χ3n) is 2.98. The van der Waals surface area contributed by atoms with Gasteiger partial charge in [0.05, 0.1) is 52.9 Å². The molecule has 0 aliphatic rings. The summed E-state index contributed by atoms with van der Waals surface area (Å²) in [6.07, 6.45) is 6.75. The standard InChI is InChI=1S/C18H26N2O6/c1-3-16-4-5-17(19-14-16)20-18(21)15-26-13-12-25-11-10-24-9-8-23-7-6-22-2/h1,4-5,14H,6-13,15H2,2H3,(H,19,20,21). The topological polar surface area (TPSA) is 88.1 Å². The monoisotopic (exact) mass is 366 g/mol. The molecule has 8 nitrogen and oxygen atoms in total. The molecular formula is C18H26N2O6. The first-order valence-electron chi connectivity index (χ1n) is 8.28. The highest BCUT2D eigenvalue weighted by atomic mass is 16.6. The fourth-order valence-corrected chi connectivity index (χ4v) is 1.70. The van der Waals surface area contributed by atoms with Gasteiger partial charge in [-0.3, -0.25) is 4.79 Å². The molecule has 26 heavy (non-hydrogen) atoms. The molecule has 0 bridgehead atoms. The molecule has 8 heteroatoms. The Morgan fingerprint density at radius 2 is 1.58 bits per heavy atom. The maximum atomic E-state index is 11.7. The van der Waals surface area contributed by atoms with Crippen molar-refractivity contribution in [3.05, 3.63) is 23.9 Å². The normalized spacial score (nSPS) is 10.5. The molecule has 0 radical (unpaired) electrons. The number of ether oxygens (including phenoxy) is 5. The summed E-state index contributed by atoms with van der Waals surface area (Å²) in [5, 5.41) is 2.61. The molecule has 144 valence electrons. The average molecular weight is 366 g/mol. The van der Waals surface area contributed by atoms with Crippen LogP contribution in [0, 0.1) is 12.3 Å². The number of carbonyl (C=O) groups excluding carboxylic acids is 1. The predicted molar refractivity (Wildman–Crippen MR) is 96.0 cm³/mol. The minimum absolute atomic E-state index is 0.0722. The van der Waals surface area contributed by atoms with Gasteiger partial charge >= 0.3 is 0 Å². The Kier molecular flexibility index (Phi) is 12.9. The average Bonchev–Trinajstić information content (AvgIpc) is 2.66. The number of nitrogens with zero attached hydrogens (tertiary/aromatic N) is 1. The number of terminal acetylenes is 1. The molecule has 0 aliphatic heterocycles. The Morgan fingerprint density at radius 3 is 2.08 bits per heavy atom. The van der Waals surface area contributed by atoms with Crippen LogP contribution in [0.5, 0.6) is 0 Å². The number of methoxy groups -OCH3 is 1. The van der Waals surface area contributed by atoms with Gasteiger partial charge in [-0.1, -0.05) is 5.92 Å². The van der Waals surface area contributed by atoms with Gasteiger partial charge in [0.25, 0.3) is 5.91 Å². The van der Waals surface area contributed by atoms with Crippen LogP contribution >= 0.6 is 0 Å². The first-order valence-corrected chi connectivity index (χ1v) is 8.28. The van der Waals surface area contributed by atoms with Gasteiger partial charge in [-0.25, -0.2) is 4.98 Å². The van der Waals surface area contributed by atoms with E-state index in [1.165, 1.54) is 6.20 Å². The quantitative estimate of drug-likeness (QED) is 0.361. The van der Waals surface area contributed by atoms with Crippen LogP contribution in [0.4, 0.5) is 5.82 Å². The number of hydrogen-bond donors (Lipinski definition) is 1. The Hall–Kier alpha value is -2.02. The number of aromatic nitrogens is 1. The zero-order valence-corrected chi connectivity index (χ0v) is 15.1. The summed E-state index contributed by atoms with van der Waals surface area (Å²) in [5.74, 6) is 2.59. The van der Waals surface area contributed by atoms with Gasteiger partial charge in [0, 0.05) is 18.9 Å². The second-order valence-corrected chi connectivity index (χ2v) is 5.01. The summed E-state index contributed by atoms with van der Waals surface area (Å²) in [5.41, 5.74) is 0.652. The van der Waals surface area contributed by atoms with Crippen molar-refractivity contribution >= 4 is 11.7 Å². The van der Waals surface area contributed by atoms with Gasteiger partial charge < -0.3 is 29.0 Å². The minimum atomic E-state index is -0.289. The molecular weight excluding hydrogens is 340 g/mol. The maximum Gasteiger partial charge on any atom is 0.251 e. The van der Waals surface area contributed by atoms with Crippen molar-refractivity contribution in [1.29, 1.82) is 0 Å². The van der Waals surface area contributed by atoms with Crippen molar-refractivity contribution in [2.45, 2.75) is 0 Å². The van der Waals surface area contributed by atoms with E-state index in [4.69, 9.17) is 30.1 Å². The van der Waals surface area contributed by atoms with E-state index in [1.54, 1.807) is 19.2 Å². The van der Waals surface area contributed by atoms with Gasteiger partial charge in [-0.15, -0.1) is 6.42 Å². The van der Waals surface area contributed by atoms with Crippen molar-refractivity contribution in [3.63, 3.8) is 0 Å².